The monoisotopic (exact) mass is 593 g/mol. The lowest BCUT2D eigenvalue weighted by Gasteiger charge is -2.35. The van der Waals surface area contributed by atoms with Crippen LogP contribution in [0.4, 0.5) is 4.79 Å². The molecule has 0 aliphatic heterocycles. The Morgan fingerprint density at radius 2 is 1.63 bits per heavy atom. The topological polar surface area (TPSA) is 108 Å². The van der Waals surface area contributed by atoms with Gasteiger partial charge >= 0.3 is 6.09 Å². The second-order valence-corrected chi connectivity index (χ2v) is 12.3. The number of aromatic hydroxyl groups is 1. The number of phenolic OH excluding ortho intramolecular Hbond substituents is 1. The molecule has 0 saturated carbocycles. The summed E-state index contributed by atoms with van der Waals surface area (Å²) in [6.07, 6.45) is 7.21. The van der Waals surface area contributed by atoms with Crippen LogP contribution < -0.4 is 10.6 Å². The van der Waals surface area contributed by atoms with Gasteiger partial charge < -0.3 is 25.4 Å². The predicted molar refractivity (Wildman–Crippen MR) is 173 cm³/mol. The molecule has 8 nitrogen and oxygen atoms in total. The summed E-state index contributed by atoms with van der Waals surface area (Å²) in [5.41, 5.74) is 1.47. The highest BCUT2D eigenvalue weighted by atomic mass is 16.6. The first-order chi connectivity index (χ1) is 20.3. The minimum absolute atomic E-state index is 0.101. The van der Waals surface area contributed by atoms with Crippen LogP contribution in [0.15, 0.2) is 55.1 Å². The summed E-state index contributed by atoms with van der Waals surface area (Å²) in [5, 5.41) is 15.6. The summed E-state index contributed by atoms with van der Waals surface area (Å²) in [4.78, 5) is 42.9. The van der Waals surface area contributed by atoms with Crippen molar-refractivity contribution in [2.75, 3.05) is 6.54 Å². The van der Waals surface area contributed by atoms with E-state index in [2.05, 4.69) is 24.1 Å². The molecule has 3 amide bonds. The molecule has 0 spiro atoms. The molecule has 43 heavy (non-hydrogen) atoms. The third kappa shape index (κ3) is 12.5. The molecular weight excluding hydrogens is 542 g/mol. The molecule has 2 unspecified atom stereocenters. The summed E-state index contributed by atoms with van der Waals surface area (Å²) < 4.78 is 5.52. The molecule has 2 aromatic carbocycles. The van der Waals surface area contributed by atoms with E-state index in [4.69, 9.17) is 4.74 Å². The van der Waals surface area contributed by atoms with E-state index in [1.807, 2.05) is 38.1 Å². The van der Waals surface area contributed by atoms with Crippen LogP contribution in [-0.2, 0) is 20.7 Å². The van der Waals surface area contributed by atoms with Crippen LogP contribution in [0.2, 0.25) is 0 Å². The average molecular weight is 594 g/mol. The van der Waals surface area contributed by atoms with Gasteiger partial charge in [-0.25, -0.2) is 4.79 Å². The van der Waals surface area contributed by atoms with Crippen molar-refractivity contribution in [3.05, 3.63) is 71.8 Å². The Bertz CT molecular complexity index is 1190. The minimum atomic E-state index is -1.02. The molecule has 0 aromatic heterocycles. The number of nitrogens with zero attached hydrogens (tertiary/aromatic N) is 1. The fraction of sp³-hybridized carbons (Fsp3) is 0.514. The number of benzene rings is 2. The van der Waals surface area contributed by atoms with Crippen LogP contribution in [0.5, 0.6) is 5.75 Å². The Labute approximate surface area is 257 Å². The number of carbonyl (C=O) groups is 3. The van der Waals surface area contributed by atoms with Crippen LogP contribution in [0.3, 0.4) is 0 Å². The standard InChI is InChI=1S/C35H51N3O5/c1-8-10-11-12-13-14-22-38(31(32(40)36-25(3)4)28-17-15-16-26(9-2)23-28)33(41)30(37-34(42)43-35(5,6)7)24-27-18-20-29(39)21-19-27/h9,15-21,23,25,30-31,39H,2,8,10-14,22,24H2,1,3-7H3,(H,36,40)(H,37,42). The summed E-state index contributed by atoms with van der Waals surface area (Å²) in [7, 11) is 0. The summed E-state index contributed by atoms with van der Waals surface area (Å²) in [6.45, 7) is 15.4. The number of hydrogen-bond acceptors (Lipinski definition) is 5. The Hall–Kier alpha value is -3.81. The number of carbonyl (C=O) groups excluding carboxylic acids is 3. The first-order valence-corrected chi connectivity index (χ1v) is 15.4. The molecule has 8 heteroatoms. The van der Waals surface area contributed by atoms with Gasteiger partial charge in [0.25, 0.3) is 0 Å². The smallest absolute Gasteiger partial charge is 0.408 e. The average Bonchev–Trinajstić information content (AvgIpc) is 2.93. The second-order valence-electron chi connectivity index (χ2n) is 12.3. The molecule has 236 valence electrons. The molecule has 0 radical (unpaired) electrons. The van der Waals surface area contributed by atoms with Gasteiger partial charge in [-0.2, -0.15) is 0 Å². The molecule has 0 heterocycles. The Morgan fingerprint density at radius 3 is 2.23 bits per heavy atom. The zero-order valence-electron chi connectivity index (χ0n) is 26.8. The SMILES string of the molecule is C=Cc1cccc(C(C(=O)NC(C)C)N(CCCCCCCC)C(=O)C(Cc2ccc(O)cc2)NC(=O)OC(C)(C)C)c1. The molecule has 0 bridgehead atoms. The lowest BCUT2D eigenvalue weighted by molar-refractivity contribution is -0.142. The Balaban J connectivity index is 2.56. The molecule has 3 N–H and O–H groups in total. The number of rotatable bonds is 16. The van der Waals surface area contributed by atoms with E-state index >= 15 is 0 Å². The van der Waals surface area contributed by atoms with Gasteiger partial charge in [0.2, 0.25) is 11.8 Å². The first kappa shape index (κ1) is 35.4. The number of nitrogens with one attached hydrogen (secondary N) is 2. The van der Waals surface area contributed by atoms with Crippen molar-refractivity contribution in [1.29, 1.82) is 0 Å². The van der Waals surface area contributed by atoms with E-state index in [-0.39, 0.29) is 30.0 Å². The molecular formula is C35H51N3O5. The minimum Gasteiger partial charge on any atom is -0.508 e. The molecule has 0 saturated heterocycles. The van der Waals surface area contributed by atoms with Gasteiger partial charge in [0.05, 0.1) is 0 Å². The maximum atomic E-state index is 14.5. The first-order valence-electron chi connectivity index (χ1n) is 15.4. The van der Waals surface area contributed by atoms with Crippen LogP contribution in [-0.4, -0.2) is 52.1 Å². The number of alkyl carbamates (subject to hydrolysis) is 1. The van der Waals surface area contributed by atoms with Gasteiger partial charge in [-0.05, 0) is 75.9 Å². The number of amides is 3. The second kappa shape index (κ2) is 17.3. The zero-order chi connectivity index (χ0) is 32.0. The number of hydrogen-bond donors (Lipinski definition) is 3. The molecule has 2 rings (SSSR count). The van der Waals surface area contributed by atoms with Crippen molar-refractivity contribution in [2.45, 2.75) is 110 Å². The van der Waals surface area contributed by atoms with Gasteiger partial charge in [-0.3, -0.25) is 9.59 Å². The highest BCUT2D eigenvalue weighted by Gasteiger charge is 2.36. The van der Waals surface area contributed by atoms with Gasteiger partial charge in [0, 0.05) is 19.0 Å². The zero-order valence-corrected chi connectivity index (χ0v) is 26.8. The van der Waals surface area contributed by atoms with Crippen molar-refractivity contribution in [3.8, 4) is 5.75 Å². The quantitative estimate of drug-likeness (QED) is 0.183. The van der Waals surface area contributed by atoms with Crippen LogP contribution in [0.25, 0.3) is 6.08 Å². The fourth-order valence-electron chi connectivity index (χ4n) is 4.84. The molecule has 0 aliphatic rings. The summed E-state index contributed by atoms with van der Waals surface area (Å²) in [5.74, 6) is -0.583. The summed E-state index contributed by atoms with van der Waals surface area (Å²) >= 11 is 0. The molecule has 2 aromatic rings. The van der Waals surface area contributed by atoms with E-state index < -0.39 is 23.8 Å². The maximum Gasteiger partial charge on any atom is 0.408 e. The molecule has 0 fully saturated rings. The van der Waals surface area contributed by atoms with Crippen molar-refractivity contribution in [2.24, 2.45) is 0 Å². The highest BCUT2D eigenvalue weighted by Crippen LogP contribution is 2.26. The highest BCUT2D eigenvalue weighted by molar-refractivity contribution is 5.92. The molecule has 2 atom stereocenters. The van der Waals surface area contributed by atoms with E-state index in [0.717, 1.165) is 43.2 Å². The lowest BCUT2D eigenvalue weighted by Crippen LogP contribution is -2.54. The van der Waals surface area contributed by atoms with Gasteiger partial charge in [-0.15, -0.1) is 0 Å². The van der Waals surface area contributed by atoms with Gasteiger partial charge in [0.15, 0.2) is 0 Å². The van der Waals surface area contributed by atoms with E-state index in [9.17, 15) is 19.5 Å². The van der Waals surface area contributed by atoms with Crippen molar-refractivity contribution in [3.63, 3.8) is 0 Å². The lowest BCUT2D eigenvalue weighted by atomic mass is 9.98. The Morgan fingerprint density at radius 1 is 0.977 bits per heavy atom. The maximum absolute atomic E-state index is 14.5. The normalized spacial score (nSPS) is 12.7. The number of ether oxygens (including phenoxy) is 1. The van der Waals surface area contributed by atoms with Crippen LogP contribution in [0.1, 0.15) is 103 Å². The van der Waals surface area contributed by atoms with E-state index in [0.29, 0.717) is 18.5 Å². The van der Waals surface area contributed by atoms with Crippen molar-refractivity contribution < 1.29 is 24.2 Å². The Kier molecular flexibility index (Phi) is 14.3. The largest absolute Gasteiger partial charge is 0.508 e. The van der Waals surface area contributed by atoms with Gasteiger partial charge in [0.1, 0.15) is 23.4 Å². The van der Waals surface area contributed by atoms with Gasteiger partial charge in [-0.1, -0.05) is 82.0 Å². The van der Waals surface area contributed by atoms with Crippen LogP contribution >= 0.6 is 0 Å². The van der Waals surface area contributed by atoms with Crippen LogP contribution in [0, 0.1) is 0 Å². The van der Waals surface area contributed by atoms with E-state index in [1.165, 1.54) is 12.1 Å². The number of phenols is 1. The predicted octanol–water partition coefficient (Wildman–Crippen LogP) is 6.93. The summed E-state index contributed by atoms with van der Waals surface area (Å²) in [6, 6.07) is 11.9. The number of unbranched alkanes of at least 4 members (excludes halogenated alkanes) is 5. The molecule has 0 aliphatic carbocycles. The third-order valence-electron chi connectivity index (χ3n) is 6.85. The van der Waals surface area contributed by atoms with Crippen molar-refractivity contribution in [1.82, 2.24) is 15.5 Å². The van der Waals surface area contributed by atoms with E-state index in [1.54, 1.807) is 43.9 Å². The fourth-order valence-corrected chi connectivity index (χ4v) is 4.84. The van der Waals surface area contributed by atoms with Crippen molar-refractivity contribution >= 4 is 24.0 Å². The third-order valence-corrected chi connectivity index (χ3v) is 6.85.